The summed E-state index contributed by atoms with van der Waals surface area (Å²) in [6.45, 7) is 6.80. The van der Waals surface area contributed by atoms with E-state index in [0.717, 1.165) is 12.3 Å². The molecule has 0 bridgehead atoms. The van der Waals surface area contributed by atoms with Crippen LogP contribution in [0.4, 0.5) is 0 Å². The molecule has 1 rings (SSSR count). The van der Waals surface area contributed by atoms with Crippen LogP contribution in [0.15, 0.2) is 0 Å². The van der Waals surface area contributed by atoms with Gasteiger partial charge in [-0.25, -0.2) is 0 Å². The molecule has 0 heterocycles. The van der Waals surface area contributed by atoms with Gasteiger partial charge in [0.05, 0.1) is 0 Å². The first-order valence-corrected chi connectivity index (χ1v) is 5.26. The number of hydrogen-bond acceptors (Lipinski definition) is 1. The van der Waals surface area contributed by atoms with Crippen LogP contribution in [0, 0.1) is 30.3 Å². The van der Waals surface area contributed by atoms with Gasteiger partial charge in [0.15, 0.2) is 0 Å². The summed E-state index contributed by atoms with van der Waals surface area (Å²) in [5.41, 5.74) is 0. The minimum Gasteiger partial charge on any atom is -0.443 e. The maximum atomic E-state index is 5.35. The maximum Gasteiger partial charge on any atom is 0.114 e. The lowest BCUT2D eigenvalue weighted by molar-refractivity contribution is 0.0254. The van der Waals surface area contributed by atoms with E-state index in [1.54, 1.807) is 0 Å². The van der Waals surface area contributed by atoms with Crippen molar-refractivity contribution in [1.82, 2.24) is 0 Å². The van der Waals surface area contributed by atoms with E-state index in [1.807, 2.05) is 0 Å². The molecule has 0 saturated heterocycles. The Morgan fingerprint density at radius 2 is 2.08 bits per heavy atom. The summed E-state index contributed by atoms with van der Waals surface area (Å²) in [5.74, 6) is 2.12. The summed E-state index contributed by atoms with van der Waals surface area (Å²) in [6.07, 6.45) is 11.6. The number of hydrogen-bond donors (Lipinski definition) is 0. The van der Waals surface area contributed by atoms with E-state index in [2.05, 4.69) is 26.9 Å². The SMILES string of the molecule is C#CO[C@H]1C[C@@H](C)CC[C@@H]1C(C)C. The molecule has 1 saturated carbocycles. The molecule has 1 aliphatic rings. The van der Waals surface area contributed by atoms with Crippen LogP contribution in [0.3, 0.4) is 0 Å². The standard InChI is InChI=1S/C12H20O/c1-5-13-12-8-10(4)6-7-11(12)9(2)3/h1,9-12H,6-8H2,2-4H3/t10-,11+,12-/m0/s1. The van der Waals surface area contributed by atoms with Gasteiger partial charge in [-0.2, -0.15) is 0 Å². The lowest BCUT2D eigenvalue weighted by Gasteiger charge is -2.35. The first-order valence-electron chi connectivity index (χ1n) is 5.26. The zero-order chi connectivity index (χ0) is 9.84. The van der Waals surface area contributed by atoms with E-state index < -0.39 is 0 Å². The topological polar surface area (TPSA) is 9.23 Å². The Hall–Kier alpha value is -0.640. The molecule has 0 aliphatic heterocycles. The average Bonchev–Trinajstić information content (AvgIpc) is 2.04. The summed E-state index contributed by atoms with van der Waals surface area (Å²) in [6, 6.07) is 0. The molecule has 1 aliphatic carbocycles. The Kier molecular flexibility index (Phi) is 3.66. The highest BCUT2D eigenvalue weighted by atomic mass is 16.5. The summed E-state index contributed by atoms with van der Waals surface area (Å²) < 4.78 is 5.35. The van der Waals surface area contributed by atoms with Crippen molar-refractivity contribution in [3.63, 3.8) is 0 Å². The lowest BCUT2D eigenvalue weighted by atomic mass is 9.75. The normalized spacial score (nSPS) is 34.2. The number of ether oxygens (including phenoxy) is 1. The largest absolute Gasteiger partial charge is 0.443 e. The fourth-order valence-corrected chi connectivity index (χ4v) is 2.34. The van der Waals surface area contributed by atoms with Gasteiger partial charge >= 0.3 is 0 Å². The van der Waals surface area contributed by atoms with Crippen molar-refractivity contribution in [3.8, 4) is 12.5 Å². The average molecular weight is 180 g/mol. The lowest BCUT2D eigenvalue weighted by Crippen LogP contribution is -2.33. The molecule has 13 heavy (non-hydrogen) atoms. The minimum atomic E-state index is 0.300. The van der Waals surface area contributed by atoms with Crippen molar-refractivity contribution in [2.24, 2.45) is 17.8 Å². The number of terminal acetylenes is 1. The number of rotatable bonds is 2. The van der Waals surface area contributed by atoms with E-state index in [-0.39, 0.29) is 0 Å². The molecule has 1 nitrogen and oxygen atoms in total. The van der Waals surface area contributed by atoms with Gasteiger partial charge in [0.1, 0.15) is 12.2 Å². The summed E-state index contributed by atoms with van der Waals surface area (Å²) in [5, 5.41) is 0. The van der Waals surface area contributed by atoms with Crippen LogP contribution >= 0.6 is 0 Å². The van der Waals surface area contributed by atoms with Crippen molar-refractivity contribution >= 4 is 0 Å². The van der Waals surface area contributed by atoms with Crippen LogP contribution < -0.4 is 0 Å². The van der Waals surface area contributed by atoms with Crippen molar-refractivity contribution < 1.29 is 4.74 Å². The molecule has 0 N–H and O–H groups in total. The third kappa shape index (κ3) is 2.66. The molecule has 0 radical (unpaired) electrons. The van der Waals surface area contributed by atoms with Crippen LogP contribution in [-0.4, -0.2) is 6.10 Å². The Labute approximate surface area is 81.9 Å². The van der Waals surface area contributed by atoms with Crippen molar-refractivity contribution in [1.29, 1.82) is 0 Å². The molecule has 1 heteroatoms. The molecule has 0 aromatic heterocycles. The third-order valence-electron chi connectivity index (χ3n) is 3.18. The molecular weight excluding hydrogens is 160 g/mol. The van der Waals surface area contributed by atoms with Crippen molar-refractivity contribution in [2.75, 3.05) is 0 Å². The first kappa shape index (κ1) is 10.4. The van der Waals surface area contributed by atoms with Crippen molar-refractivity contribution in [3.05, 3.63) is 0 Å². The van der Waals surface area contributed by atoms with E-state index in [1.165, 1.54) is 12.8 Å². The molecule has 0 aromatic rings. The summed E-state index contributed by atoms with van der Waals surface area (Å²) >= 11 is 0. The van der Waals surface area contributed by atoms with E-state index in [9.17, 15) is 0 Å². The van der Waals surface area contributed by atoms with Crippen LogP contribution in [0.2, 0.25) is 0 Å². The minimum absolute atomic E-state index is 0.300. The molecule has 1 fully saturated rings. The Balaban J connectivity index is 2.56. The van der Waals surface area contributed by atoms with E-state index in [0.29, 0.717) is 17.9 Å². The molecule has 0 amide bonds. The fourth-order valence-electron chi connectivity index (χ4n) is 2.34. The van der Waals surface area contributed by atoms with Gasteiger partial charge in [0.25, 0.3) is 0 Å². The Bertz CT molecular complexity index is 190. The smallest absolute Gasteiger partial charge is 0.114 e. The van der Waals surface area contributed by atoms with Gasteiger partial charge in [0.2, 0.25) is 0 Å². The monoisotopic (exact) mass is 180 g/mol. The zero-order valence-electron chi connectivity index (χ0n) is 8.92. The molecule has 0 unspecified atom stereocenters. The maximum absolute atomic E-state index is 5.35. The second kappa shape index (κ2) is 4.56. The van der Waals surface area contributed by atoms with Gasteiger partial charge in [-0.3, -0.25) is 0 Å². The predicted molar refractivity (Wildman–Crippen MR) is 55.0 cm³/mol. The predicted octanol–water partition coefficient (Wildman–Crippen LogP) is 3.05. The van der Waals surface area contributed by atoms with Crippen LogP contribution in [0.1, 0.15) is 40.0 Å². The highest BCUT2D eigenvalue weighted by Gasteiger charge is 2.31. The van der Waals surface area contributed by atoms with Gasteiger partial charge in [-0.1, -0.05) is 33.6 Å². The van der Waals surface area contributed by atoms with E-state index >= 15 is 0 Å². The summed E-state index contributed by atoms with van der Waals surface area (Å²) in [4.78, 5) is 0. The highest BCUT2D eigenvalue weighted by molar-refractivity contribution is 4.84. The van der Waals surface area contributed by atoms with E-state index in [4.69, 9.17) is 11.2 Å². The zero-order valence-corrected chi connectivity index (χ0v) is 8.92. The quantitative estimate of drug-likeness (QED) is 0.593. The van der Waals surface area contributed by atoms with Gasteiger partial charge in [-0.15, -0.1) is 0 Å². The van der Waals surface area contributed by atoms with Crippen molar-refractivity contribution in [2.45, 2.75) is 46.1 Å². The molecule has 0 spiro atoms. The van der Waals surface area contributed by atoms with Gasteiger partial charge in [0, 0.05) is 0 Å². The Morgan fingerprint density at radius 1 is 1.38 bits per heavy atom. The summed E-state index contributed by atoms with van der Waals surface area (Å²) in [7, 11) is 0. The second-order valence-corrected chi connectivity index (χ2v) is 4.60. The fraction of sp³-hybridized carbons (Fsp3) is 0.833. The van der Waals surface area contributed by atoms with Gasteiger partial charge < -0.3 is 4.74 Å². The molecule has 74 valence electrons. The molecule has 3 atom stereocenters. The third-order valence-corrected chi connectivity index (χ3v) is 3.18. The Morgan fingerprint density at radius 3 is 2.62 bits per heavy atom. The van der Waals surface area contributed by atoms with Gasteiger partial charge in [-0.05, 0) is 30.6 Å². The van der Waals surface area contributed by atoms with Crippen LogP contribution in [-0.2, 0) is 4.74 Å². The molecule has 0 aromatic carbocycles. The highest BCUT2D eigenvalue weighted by Crippen LogP contribution is 2.34. The second-order valence-electron chi connectivity index (χ2n) is 4.60. The molecular formula is C12H20O. The first-order chi connectivity index (χ1) is 6.15. The van der Waals surface area contributed by atoms with Crippen LogP contribution in [0.25, 0.3) is 0 Å². The van der Waals surface area contributed by atoms with Crippen LogP contribution in [0.5, 0.6) is 0 Å².